The number of hydrogen-bond donors (Lipinski definition) is 1. The van der Waals surface area contributed by atoms with Crippen LogP contribution in [0.15, 0.2) is 66.0 Å². The first-order valence-electron chi connectivity index (χ1n) is 7.24. The molecule has 0 spiro atoms. The van der Waals surface area contributed by atoms with E-state index in [4.69, 9.17) is 11.6 Å². The van der Waals surface area contributed by atoms with E-state index in [1.165, 1.54) is 12.1 Å². The summed E-state index contributed by atoms with van der Waals surface area (Å²) in [7, 11) is -3.58. The van der Waals surface area contributed by atoms with Crippen LogP contribution in [0.2, 0.25) is 5.02 Å². The van der Waals surface area contributed by atoms with E-state index < -0.39 is 10.0 Å². The largest absolute Gasteiger partial charge is 0.271 e. The van der Waals surface area contributed by atoms with Gasteiger partial charge in [-0.15, -0.1) is 0 Å². The van der Waals surface area contributed by atoms with E-state index in [1.54, 1.807) is 29.2 Å². The molecule has 0 bridgehead atoms. The number of rotatable bonds is 6. The summed E-state index contributed by atoms with van der Waals surface area (Å²) >= 11 is 5.83. The molecule has 0 aliphatic heterocycles. The fraction of sp³-hybridized carbons (Fsp3) is 0.125. The lowest BCUT2D eigenvalue weighted by Crippen LogP contribution is -2.27. The summed E-state index contributed by atoms with van der Waals surface area (Å²) in [5, 5.41) is 4.80. The number of aromatic nitrogens is 3. The average molecular weight is 363 g/mol. The molecule has 1 aromatic carbocycles. The molecule has 2 heterocycles. The van der Waals surface area contributed by atoms with E-state index in [0.717, 1.165) is 11.3 Å². The van der Waals surface area contributed by atoms with Crippen molar-refractivity contribution in [2.75, 3.05) is 6.54 Å². The Morgan fingerprint density at radius 1 is 1.12 bits per heavy atom. The van der Waals surface area contributed by atoms with Gasteiger partial charge in [-0.05, 0) is 36.4 Å². The van der Waals surface area contributed by atoms with Crippen molar-refractivity contribution in [2.24, 2.45) is 0 Å². The van der Waals surface area contributed by atoms with E-state index in [1.807, 2.05) is 24.4 Å². The molecule has 0 saturated heterocycles. The number of nitrogens with zero attached hydrogens (tertiary/aromatic N) is 3. The van der Waals surface area contributed by atoms with Gasteiger partial charge in [-0.3, -0.25) is 9.67 Å². The van der Waals surface area contributed by atoms with E-state index in [2.05, 4.69) is 14.8 Å². The predicted octanol–water partition coefficient (Wildman–Crippen LogP) is 2.58. The lowest BCUT2D eigenvalue weighted by atomic mass is 10.2. The van der Waals surface area contributed by atoms with Gasteiger partial charge in [-0.25, -0.2) is 13.1 Å². The monoisotopic (exact) mass is 362 g/mol. The molecule has 0 saturated carbocycles. The molecule has 1 N–H and O–H groups in total. The summed E-state index contributed by atoms with van der Waals surface area (Å²) < 4.78 is 28.6. The quantitative estimate of drug-likeness (QED) is 0.731. The maximum atomic E-state index is 12.2. The second-order valence-electron chi connectivity index (χ2n) is 5.06. The zero-order chi connectivity index (χ0) is 17.0. The SMILES string of the molecule is O=S(=O)(NCCn1ccc(-c2ccncc2)n1)c1cccc(Cl)c1. The molecule has 0 radical (unpaired) electrons. The molecule has 124 valence electrons. The maximum absolute atomic E-state index is 12.2. The second kappa shape index (κ2) is 7.12. The molecule has 0 amide bonds. The van der Waals surface area contributed by atoms with E-state index in [0.29, 0.717) is 11.6 Å². The van der Waals surface area contributed by atoms with Gasteiger partial charge in [0, 0.05) is 35.7 Å². The molecular weight excluding hydrogens is 348 g/mol. The van der Waals surface area contributed by atoms with Crippen LogP contribution in [0.5, 0.6) is 0 Å². The Morgan fingerprint density at radius 2 is 1.92 bits per heavy atom. The summed E-state index contributed by atoms with van der Waals surface area (Å²) in [5.74, 6) is 0. The Morgan fingerprint density at radius 3 is 2.67 bits per heavy atom. The molecule has 2 aromatic heterocycles. The van der Waals surface area contributed by atoms with Crippen LogP contribution < -0.4 is 4.72 Å². The predicted molar refractivity (Wildman–Crippen MR) is 92.1 cm³/mol. The van der Waals surface area contributed by atoms with Crippen molar-refractivity contribution >= 4 is 21.6 Å². The highest BCUT2D eigenvalue weighted by molar-refractivity contribution is 7.89. The first-order chi connectivity index (χ1) is 11.5. The van der Waals surface area contributed by atoms with Gasteiger partial charge >= 0.3 is 0 Å². The maximum Gasteiger partial charge on any atom is 0.240 e. The Balaban J connectivity index is 1.62. The zero-order valence-corrected chi connectivity index (χ0v) is 14.2. The summed E-state index contributed by atoms with van der Waals surface area (Å²) in [4.78, 5) is 4.11. The van der Waals surface area contributed by atoms with Crippen LogP contribution >= 0.6 is 11.6 Å². The third kappa shape index (κ3) is 4.00. The number of sulfonamides is 1. The third-order valence-corrected chi connectivity index (χ3v) is 5.05. The van der Waals surface area contributed by atoms with Crippen LogP contribution in [0.25, 0.3) is 11.3 Å². The van der Waals surface area contributed by atoms with E-state index in [9.17, 15) is 8.42 Å². The van der Waals surface area contributed by atoms with Gasteiger partial charge in [0.1, 0.15) is 0 Å². The van der Waals surface area contributed by atoms with Crippen molar-refractivity contribution in [3.8, 4) is 11.3 Å². The fourth-order valence-corrected chi connectivity index (χ4v) is 3.50. The van der Waals surface area contributed by atoms with Crippen LogP contribution in [0, 0.1) is 0 Å². The molecular formula is C16H15ClN4O2S. The minimum absolute atomic E-state index is 0.146. The van der Waals surface area contributed by atoms with Crippen molar-refractivity contribution in [1.29, 1.82) is 0 Å². The third-order valence-electron chi connectivity index (χ3n) is 3.36. The number of hydrogen-bond acceptors (Lipinski definition) is 4. The smallest absolute Gasteiger partial charge is 0.240 e. The summed E-state index contributed by atoms with van der Waals surface area (Å²) in [5.41, 5.74) is 1.78. The molecule has 0 atom stereocenters. The van der Waals surface area contributed by atoms with Crippen LogP contribution in [0.1, 0.15) is 0 Å². The molecule has 3 rings (SSSR count). The van der Waals surface area contributed by atoms with Gasteiger partial charge in [-0.2, -0.15) is 5.10 Å². The van der Waals surface area contributed by atoms with Gasteiger partial charge in [0.15, 0.2) is 0 Å². The first-order valence-corrected chi connectivity index (χ1v) is 9.10. The number of benzene rings is 1. The topological polar surface area (TPSA) is 76.9 Å². The highest BCUT2D eigenvalue weighted by Gasteiger charge is 2.13. The first kappa shape index (κ1) is 16.6. The van der Waals surface area contributed by atoms with Crippen molar-refractivity contribution in [2.45, 2.75) is 11.4 Å². The van der Waals surface area contributed by atoms with Gasteiger partial charge in [0.05, 0.1) is 17.1 Å². The van der Waals surface area contributed by atoms with Crippen molar-refractivity contribution in [1.82, 2.24) is 19.5 Å². The van der Waals surface area contributed by atoms with Crippen molar-refractivity contribution in [3.05, 3.63) is 66.1 Å². The molecule has 6 nitrogen and oxygen atoms in total. The Labute approximate surface area is 145 Å². The van der Waals surface area contributed by atoms with Crippen LogP contribution in [0.4, 0.5) is 0 Å². The van der Waals surface area contributed by atoms with E-state index in [-0.39, 0.29) is 11.4 Å². The molecule has 0 fully saturated rings. The average Bonchev–Trinajstić information content (AvgIpc) is 3.04. The van der Waals surface area contributed by atoms with Gasteiger partial charge < -0.3 is 0 Å². The number of nitrogens with one attached hydrogen (secondary N) is 1. The normalized spacial score (nSPS) is 11.5. The molecule has 8 heteroatoms. The summed E-state index contributed by atoms with van der Waals surface area (Å²) in [6, 6.07) is 11.8. The van der Waals surface area contributed by atoms with Gasteiger partial charge in [0.2, 0.25) is 10.0 Å². The Bertz CT molecular complexity index is 926. The van der Waals surface area contributed by atoms with Crippen LogP contribution in [-0.2, 0) is 16.6 Å². The molecule has 0 unspecified atom stereocenters. The van der Waals surface area contributed by atoms with Crippen LogP contribution in [-0.4, -0.2) is 29.7 Å². The minimum atomic E-state index is -3.58. The number of halogens is 1. The standard InChI is InChI=1S/C16H15ClN4O2S/c17-14-2-1-3-15(12-14)24(22,23)19-9-11-21-10-6-16(20-21)13-4-7-18-8-5-13/h1-8,10,12,19H,9,11H2. The number of pyridine rings is 1. The highest BCUT2D eigenvalue weighted by atomic mass is 35.5. The fourth-order valence-electron chi connectivity index (χ4n) is 2.17. The van der Waals surface area contributed by atoms with Gasteiger partial charge in [0.25, 0.3) is 0 Å². The van der Waals surface area contributed by atoms with E-state index >= 15 is 0 Å². The summed E-state index contributed by atoms with van der Waals surface area (Å²) in [6.45, 7) is 0.650. The van der Waals surface area contributed by atoms with Crippen molar-refractivity contribution < 1.29 is 8.42 Å². The van der Waals surface area contributed by atoms with Gasteiger partial charge in [-0.1, -0.05) is 17.7 Å². The highest BCUT2D eigenvalue weighted by Crippen LogP contribution is 2.16. The molecule has 0 aliphatic rings. The summed E-state index contributed by atoms with van der Waals surface area (Å²) in [6.07, 6.45) is 5.21. The molecule has 3 aromatic rings. The molecule has 24 heavy (non-hydrogen) atoms. The van der Waals surface area contributed by atoms with Crippen LogP contribution in [0.3, 0.4) is 0 Å². The Hall–Kier alpha value is -2.22. The lowest BCUT2D eigenvalue weighted by Gasteiger charge is -2.07. The Kier molecular flexibility index (Phi) is 4.94. The second-order valence-corrected chi connectivity index (χ2v) is 7.26. The lowest BCUT2D eigenvalue weighted by molar-refractivity contribution is 0.561. The zero-order valence-electron chi connectivity index (χ0n) is 12.6. The van der Waals surface area contributed by atoms with Crippen molar-refractivity contribution in [3.63, 3.8) is 0 Å². The molecule has 0 aliphatic carbocycles. The minimum Gasteiger partial charge on any atom is -0.271 e.